The number of aliphatic hydroxyl groups is 1. The first-order valence-corrected chi connectivity index (χ1v) is 7.62. The fourth-order valence-corrected chi connectivity index (χ4v) is 4.19. The summed E-state index contributed by atoms with van der Waals surface area (Å²) < 4.78 is 1.27. The highest BCUT2D eigenvalue weighted by atomic mass is 32.1. The van der Waals surface area contributed by atoms with E-state index in [1.807, 2.05) is 0 Å². The molecule has 6 nitrogen and oxygen atoms in total. The Balaban J connectivity index is 1.88. The number of rotatable bonds is 1. The van der Waals surface area contributed by atoms with Crippen LogP contribution >= 0.6 is 11.3 Å². The Morgan fingerprint density at radius 2 is 2.45 bits per heavy atom. The van der Waals surface area contributed by atoms with Gasteiger partial charge in [-0.05, 0) is 12.1 Å². The highest BCUT2D eigenvalue weighted by Crippen LogP contribution is 2.27. The van der Waals surface area contributed by atoms with Gasteiger partial charge in [-0.3, -0.25) is 10.3 Å². The Morgan fingerprint density at radius 1 is 1.55 bits per heavy atom. The van der Waals surface area contributed by atoms with Crippen LogP contribution in [0.15, 0.2) is 5.10 Å². The van der Waals surface area contributed by atoms with E-state index in [2.05, 4.69) is 38.3 Å². The van der Waals surface area contributed by atoms with E-state index in [9.17, 15) is 5.11 Å². The second-order valence-electron chi connectivity index (χ2n) is 5.23. The van der Waals surface area contributed by atoms with Crippen LogP contribution in [-0.2, 0) is 6.54 Å². The van der Waals surface area contributed by atoms with Gasteiger partial charge in [0.15, 0.2) is 5.84 Å². The SMILES string of the molecule is CC(O)[C@@H]1NCc2c(sc3c2=CCNC=3)N2CNN=C12. The third-order valence-electron chi connectivity index (χ3n) is 3.92. The number of hydrogen-bond donors (Lipinski definition) is 4. The fourth-order valence-electron chi connectivity index (χ4n) is 2.95. The van der Waals surface area contributed by atoms with E-state index in [0.29, 0.717) is 6.67 Å². The molecule has 20 heavy (non-hydrogen) atoms. The summed E-state index contributed by atoms with van der Waals surface area (Å²) in [6, 6.07) is -0.133. The van der Waals surface area contributed by atoms with E-state index in [4.69, 9.17) is 0 Å². The van der Waals surface area contributed by atoms with Gasteiger partial charge in [0, 0.05) is 24.9 Å². The van der Waals surface area contributed by atoms with Gasteiger partial charge in [0.25, 0.3) is 0 Å². The molecule has 4 N–H and O–H groups in total. The van der Waals surface area contributed by atoms with Crippen molar-refractivity contribution in [1.82, 2.24) is 16.1 Å². The summed E-state index contributed by atoms with van der Waals surface area (Å²) in [4.78, 5) is 2.18. The minimum atomic E-state index is -0.474. The average Bonchev–Trinajstić information content (AvgIpc) is 3.01. The zero-order valence-corrected chi connectivity index (χ0v) is 12.0. The maximum atomic E-state index is 9.99. The van der Waals surface area contributed by atoms with Crippen LogP contribution in [0.4, 0.5) is 5.00 Å². The van der Waals surface area contributed by atoms with E-state index in [0.717, 1.165) is 18.9 Å². The zero-order chi connectivity index (χ0) is 13.7. The van der Waals surface area contributed by atoms with Gasteiger partial charge in [-0.2, -0.15) is 5.10 Å². The molecule has 0 saturated heterocycles. The normalized spacial score (nSPS) is 24.8. The molecule has 106 valence electrons. The monoisotopic (exact) mass is 291 g/mol. The maximum absolute atomic E-state index is 9.99. The van der Waals surface area contributed by atoms with Crippen molar-refractivity contribution in [1.29, 1.82) is 0 Å². The molecule has 0 bridgehead atoms. The minimum Gasteiger partial charge on any atom is -0.391 e. The number of aliphatic hydroxyl groups excluding tert-OH is 1. The number of fused-ring (bicyclic) bond motifs is 5. The van der Waals surface area contributed by atoms with Gasteiger partial charge in [-0.25, -0.2) is 0 Å². The molecule has 0 radical (unpaired) electrons. The Hall–Kier alpha value is -1.57. The molecule has 3 aliphatic heterocycles. The summed E-state index contributed by atoms with van der Waals surface area (Å²) in [7, 11) is 0. The van der Waals surface area contributed by atoms with Crippen molar-refractivity contribution in [2.24, 2.45) is 5.10 Å². The van der Waals surface area contributed by atoms with Crippen molar-refractivity contribution < 1.29 is 5.11 Å². The zero-order valence-electron chi connectivity index (χ0n) is 11.2. The predicted molar refractivity (Wildman–Crippen MR) is 80.7 cm³/mol. The quantitative estimate of drug-likeness (QED) is 0.502. The summed E-state index contributed by atoms with van der Waals surface area (Å²) in [5.74, 6) is 0.880. The van der Waals surface area contributed by atoms with Gasteiger partial charge in [0.2, 0.25) is 0 Å². The van der Waals surface area contributed by atoms with E-state index in [-0.39, 0.29) is 6.04 Å². The third kappa shape index (κ3) is 1.67. The number of amidine groups is 1. The molecule has 4 heterocycles. The van der Waals surface area contributed by atoms with Gasteiger partial charge in [0.05, 0.1) is 16.7 Å². The molecule has 2 atom stereocenters. The minimum absolute atomic E-state index is 0.133. The summed E-state index contributed by atoms with van der Waals surface area (Å²) in [5, 5.41) is 23.6. The van der Waals surface area contributed by atoms with E-state index in [1.165, 1.54) is 20.3 Å². The van der Waals surface area contributed by atoms with Crippen LogP contribution in [0.25, 0.3) is 12.3 Å². The van der Waals surface area contributed by atoms with Crippen molar-refractivity contribution in [3.8, 4) is 0 Å². The number of hydrogen-bond acceptors (Lipinski definition) is 7. The van der Waals surface area contributed by atoms with Crippen molar-refractivity contribution in [3.05, 3.63) is 15.3 Å². The van der Waals surface area contributed by atoms with Gasteiger partial charge < -0.3 is 15.7 Å². The molecule has 3 aliphatic rings. The smallest absolute Gasteiger partial charge is 0.151 e. The Kier molecular flexibility index (Phi) is 2.73. The molecule has 0 spiro atoms. The molecule has 0 aliphatic carbocycles. The second kappa shape index (κ2) is 4.47. The Morgan fingerprint density at radius 3 is 3.30 bits per heavy atom. The van der Waals surface area contributed by atoms with E-state index in [1.54, 1.807) is 18.3 Å². The largest absolute Gasteiger partial charge is 0.391 e. The van der Waals surface area contributed by atoms with Crippen molar-refractivity contribution in [3.63, 3.8) is 0 Å². The van der Waals surface area contributed by atoms with Crippen LogP contribution in [0, 0.1) is 0 Å². The molecule has 0 fully saturated rings. The average molecular weight is 291 g/mol. The predicted octanol–water partition coefficient (Wildman–Crippen LogP) is -1.60. The van der Waals surface area contributed by atoms with Crippen molar-refractivity contribution in [2.45, 2.75) is 25.6 Å². The lowest BCUT2D eigenvalue weighted by atomic mass is 10.1. The number of nitrogens with one attached hydrogen (secondary N) is 3. The van der Waals surface area contributed by atoms with Crippen LogP contribution < -0.4 is 30.7 Å². The number of thiophene rings is 1. The molecular formula is C13H17N5OS. The molecule has 1 aromatic rings. The summed E-state index contributed by atoms with van der Waals surface area (Å²) in [5.41, 5.74) is 4.34. The first-order chi connectivity index (χ1) is 9.75. The van der Waals surface area contributed by atoms with Crippen LogP contribution in [-0.4, -0.2) is 36.3 Å². The lowest BCUT2D eigenvalue weighted by molar-refractivity contribution is 0.170. The first kappa shape index (κ1) is 12.2. The van der Waals surface area contributed by atoms with E-state index >= 15 is 0 Å². The lowest BCUT2D eigenvalue weighted by Crippen LogP contribution is -2.48. The van der Waals surface area contributed by atoms with Crippen LogP contribution in [0.3, 0.4) is 0 Å². The molecule has 0 aromatic carbocycles. The highest BCUT2D eigenvalue weighted by molar-refractivity contribution is 7.14. The Bertz CT molecular complexity index is 692. The molecule has 7 heteroatoms. The van der Waals surface area contributed by atoms with Crippen molar-refractivity contribution in [2.75, 3.05) is 18.1 Å². The maximum Gasteiger partial charge on any atom is 0.151 e. The van der Waals surface area contributed by atoms with Crippen LogP contribution in [0.5, 0.6) is 0 Å². The molecule has 0 saturated carbocycles. The van der Waals surface area contributed by atoms with Crippen LogP contribution in [0.1, 0.15) is 12.5 Å². The van der Waals surface area contributed by atoms with Crippen LogP contribution in [0.2, 0.25) is 0 Å². The number of nitrogens with zero attached hydrogens (tertiary/aromatic N) is 2. The summed E-state index contributed by atoms with van der Waals surface area (Å²) in [6.07, 6.45) is 3.84. The highest BCUT2D eigenvalue weighted by Gasteiger charge is 2.35. The van der Waals surface area contributed by atoms with E-state index < -0.39 is 6.10 Å². The summed E-state index contributed by atoms with van der Waals surface area (Å²) in [6.45, 7) is 4.10. The standard InChI is InChI=1S/C13H17N5OS/c1-7(19)11-12-17-16-6-18(12)13-9(4-15-11)8-2-3-14-5-10(8)20-13/h2,5,7,11,14-16,19H,3-4,6H2,1H3/t7?,11-/m0/s1. The fraction of sp³-hybridized carbons (Fsp3) is 0.462. The first-order valence-electron chi connectivity index (χ1n) is 6.80. The number of hydrazone groups is 1. The number of anilines is 1. The third-order valence-corrected chi connectivity index (χ3v) is 5.13. The molecule has 1 aromatic heterocycles. The molecular weight excluding hydrogens is 274 g/mol. The Labute approximate surface area is 120 Å². The second-order valence-corrected chi connectivity index (χ2v) is 6.26. The van der Waals surface area contributed by atoms with Gasteiger partial charge >= 0.3 is 0 Å². The van der Waals surface area contributed by atoms with Gasteiger partial charge in [-0.15, -0.1) is 11.3 Å². The van der Waals surface area contributed by atoms with Crippen molar-refractivity contribution >= 4 is 34.4 Å². The van der Waals surface area contributed by atoms with Gasteiger partial charge in [-0.1, -0.05) is 6.08 Å². The van der Waals surface area contributed by atoms with Gasteiger partial charge in [0.1, 0.15) is 11.7 Å². The molecule has 4 rings (SSSR count). The lowest BCUT2D eigenvalue weighted by Gasteiger charge is -2.23. The molecule has 0 amide bonds. The topological polar surface area (TPSA) is 71.9 Å². The molecule has 1 unspecified atom stereocenters. The summed E-state index contributed by atoms with van der Waals surface area (Å²) >= 11 is 1.78.